The molecule has 0 bridgehead atoms. The first-order valence-electron chi connectivity index (χ1n) is 17.2. The summed E-state index contributed by atoms with van der Waals surface area (Å²) >= 11 is -2.03. The topological polar surface area (TPSA) is 117 Å². The minimum Gasteiger partial charge on any atom is -0.481 e. The molecular weight excluding hydrogens is 624 g/mol. The van der Waals surface area contributed by atoms with Gasteiger partial charge in [-0.1, -0.05) is 61.3 Å². The van der Waals surface area contributed by atoms with Gasteiger partial charge in [0.25, 0.3) is 0 Å². The van der Waals surface area contributed by atoms with Gasteiger partial charge >= 0.3 is 41.1 Å². The van der Waals surface area contributed by atoms with Gasteiger partial charge in [0.05, 0.1) is 0 Å². The van der Waals surface area contributed by atoms with Gasteiger partial charge < -0.3 is 39.9 Å². The summed E-state index contributed by atoms with van der Waals surface area (Å²) in [6.07, 6.45) is 0.348. The van der Waals surface area contributed by atoms with Gasteiger partial charge in [-0.3, -0.25) is 0 Å². The maximum Gasteiger partial charge on any atom is 0.667 e. The summed E-state index contributed by atoms with van der Waals surface area (Å²) in [7, 11) is -8.59. The molecule has 0 heterocycles. The standard InChI is InChI=1S/C14H34NO4Si2.C10H25NO2Si.C4H9.C3H7O.Al/c1-11(2)9-20(15,17-13(5)6)19-21(16,10-12(3)4)18-14(7)8;1-8(2)7-14(11,12-9(3)4)13-10(5)6;1-4(2)3;1-3(2)4;/h11-14H,9-10,15H2,1-8H3;8-10H,7,11H2,1-6H3;4H,1H2,2-3H3;3H,1-2H3;/q-1;;;-1;+2/t20-,21+;;;;/m0..../s1. The molecule has 0 amide bonds. The van der Waals surface area contributed by atoms with Crippen molar-refractivity contribution in [3.05, 3.63) is 0 Å². The van der Waals surface area contributed by atoms with E-state index in [0.29, 0.717) is 35.8 Å². The van der Waals surface area contributed by atoms with Crippen LogP contribution in [0, 0.1) is 23.7 Å². The van der Waals surface area contributed by atoms with Crippen LogP contribution in [0.1, 0.15) is 125 Å². The van der Waals surface area contributed by atoms with Crippen molar-refractivity contribution in [2.45, 2.75) is 179 Å². The van der Waals surface area contributed by atoms with E-state index in [0.717, 1.165) is 11.3 Å². The van der Waals surface area contributed by atoms with Crippen molar-refractivity contribution < 1.29 is 29.1 Å². The van der Waals surface area contributed by atoms with Crippen LogP contribution < -0.4 is 10.8 Å². The summed E-state index contributed by atoms with van der Waals surface area (Å²) in [6, 6.07) is 2.26. The molecule has 9 nitrogen and oxygen atoms in total. The van der Waals surface area contributed by atoms with Gasteiger partial charge in [0, 0.05) is 48.7 Å². The molecule has 0 fully saturated rings. The molecule has 0 aliphatic carbocycles. The third kappa shape index (κ3) is 24.9. The van der Waals surface area contributed by atoms with Crippen LogP contribution in [-0.2, 0) is 29.1 Å². The van der Waals surface area contributed by atoms with Gasteiger partial charge in [0.2, 0.25) is 0 Å². The fraction of sp³-hybridized carbons (Fsp3) is 1.00. The molecule has 2 atom stereocenters. The van der Waals surface area contributed by atoms with Crippen LogP contribution in [0.2, 0.25) is 23.4 Å². The first kappa shape index (κ1) is 46.9. The van der Waals surface area contributed by atoms with Gasteiger partial charge in [0.15, 0.2) is 0 Å². The van der Waals surface area contributed by atoms with Crippen molar-refractivity contribution in [2.75, 3.05) is 0 Å². The highest BCUT2D eigenvalue weighted by molar-refractivity contribution is 6.79. The van der Waals surface area contributed by atoms with Crippen molar-refractivity contribution in [3.8, 4) is 0 Å². The lowest BCUT2D eigenvalue weighted by molar-refractivity contribution is 0.0738. The summed E-state index contributed by atoms with van der Waals surface area (Å²) in [5.74, 6) is 1.71. The van der Waals surface area contributed by atoms with E-state index >= 15 is 0 Å². The van der Waals surface area contributed by atoms with Gasteiger partial charge in [-0.2, -0.15) is 0 Å². The molecule has 0 aromatic heterocycles. The van der Waals surface area contributed by atoms with E-state index in [4.69, 9.17) is 39.9 Å². The van der Waals surface area contributed by atoms with Gasteiger partial charge in [-0.15, -0.1) is 0 Å². The zero-order chi connectivity index (χ0) is 35.1. The molecule has 0 saturated carbocycles. The highest BCUT2D eigenvalue weighted by Gasteiger charge is 2.54. The SMILES string of the molecule is CC(C)C[Si](N)(OC(C)C)OC(C)C.CC(C)[CH2][Al]([O]C(C)C)[O][Si@](CC(C)C)(OC(C)C)O[Si@](N)(CC(C)C)OC(C)C. The minimum atomic E-state index is -3.14. The molecule has 0 rings (SSSR count). The predicted molar refractivity (Wildman–Crippen MR) is 193 cm³/mol. The lowest BCUT2D eigenvalue weighted by atomic mass is 10.3. The Kier molecular flexibility index (Phi) is 24.0. The van der Waals surface area contributed by atoms with Crippen LogP contribution in [0.5, 0.6) is 0 Å². The predicted octanol–water partition coefficient (Wildman–Crippen LogP) is 7.98. The van der Waals surface area contributed by atoms with Gasteiger partial charge in [0.1, 0.15) is 0 Å². The molecule has 44 heavy (non-hydrogen) atoms. The lowest BCUT2D eigenvalue weighted by Crippen LogP contribution is -2.65. The van der Waals surface area contributed by atoms with Crippen molar-refractivity contribution in [1.82, 2.24) is 0 Å². The van der Waals surface area contributed by atoms with E-state index in [9.17, 15) is 0 Å². The molecule has 0 saturated heterocycles. The Bertz CT molecular complexity index is 674. The van der Waals surface area contributed by atoms with Crippen LogP contribution in [0.4, 0.5) is 0 Å². The molecule has 13 heteroatoms. The Balaban J connectivity index is 0. The van der Waals surface area contributed by atoms with Crippen molar-refractivity contribution in [3.63, 3.8) is 0 Å². The second kappa shape index (κ2) is 22.5. The first-order chi connectivity index (χ1) is 19.8. The Morgan fingerprint density at radius 2 is 0.818 bits per heavy atom. The van der Waals surface area contributed by atoms with Crippen molar-refractivity contribution >= 4 is 41.1 Å². The Morgan fingerprint density at radius 1 is 0.455 bits per heavy atom. The number of hydrogen-bond donors (Lipinski definition) is 2. The van der Waals surface area contributed by atoms with Crippen LogP contribution in [-0.4, -0.2) is 71.6 Å². The fourth-order valence-electron chi connectivity index (χ4n) is 4.93. The van der Waals surface area contributed by atoms with Crippen LogP contribution in [0.25, 0.3) is 0 Å². The second-order valence-corrected chi connectivity index (χ2v) is 25.4. The fourth-order valence-corrected chi connectivity index (χ4v) is 19.8. The molecule has 4 N–H and O–H groups in total. The molecule has 0 aliphatic heterocycles. The highest BCUT2D eigenvalue weighted by atomic mass is 28.5. The Hall–Kier alpha value is 0.823. The Morgan fingerprint density at radius 3 is 1.14 bits per heavy atom. The monoisotopic (exact) mass is 698 g/mol. The molecule has 0 spiro atoms. The number of rotatable bonds is 22. The zero-order valence-electron chi connectivity index (χ0n) is 32.1. The zero-order valence-corrected chi connectivity index (χ0v) is 36.3. The van der Waals surface area contributed by atoms with E-state index in [-0.39, 0.29) is 30.5 Å². The summed E-state index contributed by atoms with van der Waals surface area (Å²) in [6.45, 7) is 37.5. The third-order valence-corrected chi connectivity index (χ3v) is 20.3. The summed E-state index contributed by atoms with van der Waals surface area (Å²) in [4.78, 5) is 0. The normalized spacial score (nSPS) is 15.8. The summed E-state index contributed by atoms with van der Waals surface area (Å²) in [5.41, 5.74) is 0. The smallest absolute Gasteiger partial charge is 0.481 e. The van der Waals surface area contributed by atoms with Crippen molar-refractivity contribution in [1.29, 1.82) is 0 Å². The van der Waals surface area contributed by atoms with E-state index in [2.05, 4.69) is 69.2 Å². The number of hydrogen-bond acceptors (Lipinski definition) is 9. The maximum atomic E-state index is 6.86. The average molecular weight is 699 g/mol. The first-order valence-corrected chi connectivity index (χ1v) is 25.0. The van der Waals surface area contributed by atoms with Gasteiger partial charge in [-0.05, 0) is 92.3 Å². The quantitative estimate of drug-likeness (QED) is 0.109. The van der Waals surface area contributed by atoms with Crippen LogP contribution in [0.3, 0.4) is 0 Å². The second-order valence-electron chi connectivity index (χ2n) is 15.2. The lowest BCUT2D eigenvalue weighted by Gasteiger charge is -2.42. The molecule has 0 radical (unpaired) electrons. The summed E-state index contributed by atoms with van der Waals surface area (Å²) in [5, 5.41) is 14.0. The maximum absolute atomic E-state index is 6.86. The molecule has 266 valence electrons. The van der Waals surface area contributed by atoms with E-state index in [1.807, 2.05) is 55.4 Å². The summed E-state index contributed by atoms with van der Waals surface area (Å²) < 4.78 is 44.2. The number of nitrogens with two attached hydrogens (primary N) is 2. The van der Waals surface area contributed by atoms with E-state index in [1.54, 1.807) is 0 Å². The molecular formula is C31H75AlN2O7Si3. The van der Waals surface area contributed by atoms with E-state index < -0.39 is 41.1 Å². The van der Waals surface area contributed by atoms with Crippen LogP contribution >= 0.6 is 0 Å². The average Bonchev–Trinajstić information content (AvgIpc) is 2.67. The third-order valence-electron chi connectivity index (χ3n) is 5.49. The van der Waals surface area contributed by atoms with Crippen molar-refractivity contribution in [2.24, 2.45) is 34.5 Å². The molecule has 0 aromatic carbocycles. The highest BCUT2D eigenvalue weighted by Crippen LogP contribution is 2.31. The van der Waals surface area contributed by atoms with Gasteiger partial charge in [-0.25, -0.2) is 0 Å². The van der Waals surface area contributed by atoms with E-state index in [1.165, 1.54) is 0 Å². The Labute approximate surface area is 282 Å². The largest absolute Gasteiger partial charge is 0.667 e. The molecule has 0 aliphatic rings. The van der Waals surface area contributed by atoms with Crippen LogP contribution in [0.15, 0.2) is 0 Å². The molecule has 0 aromatic rings. The minimum absolute atomic E-state index is 0.0131. The molecule has 0 unspecified atom stereocenters.